The van der Waals surface area contributed by atoms with Crippen LogP contribution in [0.5, 0.6) is 5.75 Å². The van der Waals surface area contributed by atoms with E-state index >= 15 is 0 Å². The maximum absolute atomic E-state index is 12.3. The van der Waals surface area contributed by atoms with Crippen molar-refractivity contribution in [3.8, 4) is 5.75 Å². The summed E-state index contributed by atoms with van der Waals surface area (Å²) in [5.41, 5.74) is 1.36. The summed E-state index contributed by atoms with van der Waals surface area (Å²) >= 11 is 0. The number of fused-ring (bicyclic) bond motifs is 1. The van der Waals surface area contributed by atoms with Gasteiger partial charge < -0.3 is 5.11 Å². The van der Waals surface area contributed by atoms with Crippen LogP contribution in [0.4, 0.5) is 0 Å². The summed E-state index contributed by atoms with van der Waals surface area (Å²) in [6.07, 6.45) is 0.206. The molecule has 0 atom stereocenters. The van der Waals surface area contributed by atoms with E-state index in [0.717, 1.165) is 10.8 Å². The molecule has 0 fully saturated rings. The van der Waals surface area contributed by atoms with Crippen LogP contribution in [0, 0.1) is 0 Å². The first-order valence-electron chi connectivity index (χ1n) is 6.53. The van der Waals surface area contributed by atoms with E-state index in [9.17, 15) is 9.90 Å². The van der Waals surface area contributed by atoms with Gasteiger partial charge in [0.25, 0.3) is 0 Å². The maximum Gasteiger partial charge on any atom is 0.167 e. The lowest BCUT2D eigenvalue weighted by Crippen LogP contribution is -2.04. The van der Waals surface area contributed by atoms with Gasteiger partial charge in [-0.15, -0.1) is 0 Å². The molecule has 0 radical (unpaired) electrons. The number of hydrogen-bond acceptors (Lipinski definition) is 2. The standard InChI is InChI=1S/C18H14O2/c19-17-11-10-13-6-4-5-9-15(13)16(17)12-18(20)14-7-2-1-3-8-14/h1-11,19H,12H2. The van der Waals surface area contributed by atoms with Crippen molar-refractivity contribution in [1.82, 2.24) is 0 Å². The zero-order valence-electron chi connectivity index (χ0n) is 10.9. The van der Waals surface area contributed by atoms with E-state index in [-0.39, 0.29) is 18.0 Å². The number of Topliss-reactive ketones (excluding diaryl/α,β-unsaturated/α-hetero) is 1. The van der Waals surface area contributed by atoms with E-state index in [1.54, 1.807) is 18.2 Å². The zero-order chi connectivity index (χ0) is 13.9. The Morgan fingerprint density at radius 3 is 2.35 bits per heavy atom. The highest BCUT2D eigenvalue weighted by molar-refractivity contribution is 6.00. The summed E-state index contributed by atoms with van der Waals surface area (Å²) in [6.45, 7) is 0. The number of carbonyl (C=O) groups is 1. The largest absolute Gasteiger partial charge is 0.508 e. The third-order valence-corrected chi connectivity index (χ3v) is 3.45. The van der Waals surface area contributed by atoms with Crippen molar-refractivity contribution >= 4 is 16.6 Å². The van der Waals surface area contributed by atoms with Crippen molar-refractivity contribution in [1.29, 1.82) is 0 Å². The fourth-order valence-electron chi connectivity index (χ4n) is 2.40. The van der Waals surface area contributed by atoms with Gasteiger partial charge in [0, 0.05) is 17.5 Å². The molecule has 3 aromatic carbocycles. The Kier molecular flexibility index (Phi) is 3.21. The predicted octanol–water partition coefficient (Wildman–Crippen LogP) is 3.97. The second kappa shape index (κ2) is 5.17. The molecule has 98 valence electrons. The Labute approximate surface area is 117 Å². The van der Waals surface area contributed by atoms with Crippen LogP contribution in [0.25, 0.3) is 10.8 Å². The Balaban J connectivity index is 2.03. The van der Waals surface area contributed by atoms with E-state index < -0.39 is 0 Å². The van der Waals surface area contributed by atoms with Crippen molar-refractivity contribution < 1.29 is 9.90 Å². The third kappa shape index (κ3) is 2.28. The third-order valence-electron chi connectivity index (χ3n) is 3.45. The molecule has 3 rings (SSSR count). The fraction of sp³-hybridized carbons (Fsp3) is 0.0556. The highest BCUT2D eigenvalue weighted by atomic mass is 16.3. The molecule has 0 amide bonds. The first-order chi connectivity index (χ1) is 9.75. The number of carbonyl (C=O) groups excluding carboxylic acids is 1. The lowest BCUT2D eigenvalue weighted by molar-refractivity contribution is 0.0992. The molecule has 0 saturated carbocycles. The van der Waals surface area contributed by atoms with Crippen molar-refractivity contribution in [2.24, 2.45) is 0 Å². The summed E-state index contributed by atoms with van der Waals surface area (Å²) < 4.78 is 0. The minimum atomic E-state index is 0.0113. The molecular weight excluding hydrogens is 248 g/mol. The first-order valence-corrected chi connectivity index (χ1v) is 6.53. The summed E-state index contributed by atoms with van der Waals surface area (Å²) in [4.78, 5) is 12.3. The number of hydrogen-bond donors (Lipinski definition) is 1. The van der Waals surface area contributed by atoms with Crippen LogP contribution in [0.1, 0.15) is 15.9 Å². The van der Waals surface area contributed by atoms with Gasteiger partial charge in [-0.1, -0.05) is 60.7 Å². The van der Waals surface area contributed by atoms with Gasteiger partial charge in [0.15, 0.2) is 5.78 Å². The number of phenols is 1. The van der Waals surface area contributed by atoms with Crippen molar-refractivity contribution in [3.05, 3.63) is 77.9 Å². The van der Waals surface area contributed by atoms with E-state index in [1.807, 2.05) is 48.5 Å². The minimum absolute atomic E-state index is 0.0113. The van der Waals surface area contributed by atoms with Crippen molar-refractivity contribution in [3.63, 3.8) is 0 Å². The number of ketones is 1. The topological polar surface area (TPSA) is 37.3 Å². The van der Waals surface area contributed by atoms with Crippen LogP contribution < -0.4 is 0 Å². The molecule has 0 heterocycles. The maximum atomic E-state index is 12.3. The van der Waals surface area contributed by atoms with Crippen LogP contribution in [0.2, 0.25) is 0 Å². The average Bonchev–Trinajstić information content (AvgIpc) is 2.51. The smallest absolute Gasteiger partial charge is 0.167 e. The lowest BCUT2D eigenvalue weighted by Gasteiger charge is -2.08. The predicted molar refractivity (Wildman–Crippen MR) is 80.1 cm³/mol. The van der Waals surface area contributed by atoms with Gasteiger partial charge in [0.05, 0.1) is 0 Å². The molecule has 20 heavy (non-hydrogen) atoms. The summed E-state index contributed by atoms with van der Waals surface area (Å²) in [5, 5.41) is 12.0. The molecule has 0 spiro atoms. The van der Waals surface area contributed by atoms with Crippen LogP contribution >= 0.6 is 0 Å². The molecule has 0 unspecified atom stereocenters. The molecular formula is C18H14O2. The average molecular weight is 262 g/mol. The molecule has 2 heteroatoms. The van der Waals surface area contributed by atoms with E-state index in [1.165, 1.54) is 0 Å². The fourth-order valence-corrected chi connectivity index (χ4v) is 2.40. The number of benzene rings is 3. The van der Waals surface area contributed by atoms with Crippen LogP contribution in [-0.4, -0.2) is 10.9 Å². The first kappa shape index (κ1) is 12.4. The molecule has 2 nitrogen and oxygen atoms in total. The van der Waals surface area contributed by atoms with Gasteiger partial charge in [-0.25, -0.2) is 0 Å². The SMILES string of the molecule is O=C(Cc1c(O)ccc2ccccc12)c1ccccc1. The monoisotopic (exact) mass is 262 g/mol. The van der Waals surface area contributed by atoms with Crippen LogP contribution in [0.3, 0.4) is 0 Å². The van der Waals surface area contributed by atoms with Gasteiger partial charge in [-0.2, -0.15) is 0 Å². The minimum Gasteiger partial charge on any atom is -0.508 e. The van der Waals surface area contributed by atoms with Gasteiger partial charge >= 0.3 is 0 Å². The van der Waals surface area contributed by atoms with Crippen LogP contribution in [0.15, 0.2) is 66.7 Å². The normalized spacial score (nSPS) is 10.6. The highest BCUT2D eigenvalue weighted by Crippen LogP contribution is 2.28. The Hall–Kier alpha value is -2.61. The van der Waals surface area contributed by atoms with Crippen LogP contribution in [-0.2, 0) is 6.42 Å². The molecule has 3 aromatic rings. The number of rotatable bonds is 3. The van der Waals surface area contributed by atoms with Gasteiger partial charge in [0.2, 0.25) is 0 Å². The van der Waals surface area contributed by atoms with E-state index in [2.05, 4.69) is 0 Å². The number of phenolic OH excluding ortho intramolecular Hbond substituents is 1. The highest BCUT2D eigenvalue weighted by Gasteiger charge is 2.12. The molecule has 0 aliphatic carbocycles. The molecule has 0 aliphatic rings. The quantitative estimate of drug-likeness (QED) is 0.725. The van der Waals surface area contributed by atoms with E-state index in [0.29, 0.717) is 11.1 Å². The van der Waals surface area contributed by atoms with Gasteiger partial charge in [-0.05, 0) is 16.8 Å². The van der Waals surface area contributed by atoms with Crippen molar-refractivity contribution in [2.45, 2.75) is 6.42 Å². The summed E-state index contributed by atoms with van der Waals surface area (Å²) in [7, 11) is 0. The Morgan fingerprint density at radius 2 is 1.55 bits per heavy atom. The molecule has 0 aromatic heterocycles. The second-order valence-electron chi connectivity index (χ2n) is 4.75. The molecule has 0 aliphatic heterocycles. The lowest BCUT2D eigenvalue weighted by atomic mass is 9.97. The zero-order valence-corrected chi connectivity index (χ0v) is 10.9. The summed E-state index contributed by atoms with van der Waals surface area (Å²) in [6, 6.07) is 20.4. The second-order valence-corrected chi connectivity index (χ2v) is 4.75. The Morgan fingerprint density at radius 1 is 0.850 bits per heavy atom. The molecule has 0 bridgehead atoms. The van der Waals surface area contributed by atoms with E-state index in [4.69, 9.17) is 0 Å². The van der Waals surface area contributed by atoms with Gasteiger partial charge in [-0.3, -0.25) is 4.79 Å². The molecule has 0 saturated heterocycles. The Bertz CT molecular complexity index is 761. The van der Waals surface area contributed by atoms with Crippen molar-refractivity contribution in [2.75, 3.05) is 0 Å². The molecule has 1 N–H and O–H groups in total. The number of aromatic hydroxyl groups is 1. The summed E-state index contributed by atoms with van der Waals surface area (Å²) in [5.74, 6) is 0.185. The van der Waals surface area contributed by atoms with Gasteiger partial charge in [0.1, 0.15) is 5.75 Å².